The van der Waals surface area contributed by atoms with Crippen LogP contribution < -0.4 is 10.1 Å². The van der Waals surface area contributed by atoms with Gasteiger partial charge in [0.1, 0.15) is 23.7 Å². The van der Waals surface area contributed by atoms with Gasteiger partial charge in [-0.25, -0.2) is 0 Å². The van der Waals surface area contributed by atoms with Crippen LogP contribution >= 0.6 is 0 Å². The summed E-state index contributed by atoms with van der Waals surface area (Å²) in [6.07, 6.45) is 4.47. The van der Waals surface area contributed by atoms with Crippen molar-refractivity contribution in [2.75, 3.05) is 45.9 Å². The van der Waals surface area contributed by atoms with E-state index in [0.717, 1.165) is 30.9 Å². The Balaban J connectivity index is 1.26. The van der Waals surface area contributed by atoms with Gasteiger partial charge in [0.05, 0.1) is 12.6 Å². The third-order valence-electron chi connectivity index (χ3n) is 6.43. The van der Waals surface area contributed by atoms with Gasteiger partial charge in [-0.1, -0.05) is 24.6 Å². The number of pyridine rings is 1. The Labute approximate surface area is 195 Å². The molecule has 8 nitrogen and oxygen atoms in total. The van der Waals surface area contributed by atoms with E-state index in [1.165, 1.54) is 19.3 Å². The predicted molar refractivity (Wildman–Crippen MR) is 125 cm³/mol. The molecule has 3 heterocycles. The van der Waals surface area contributed by atoms with E-state index in [-0.39, 0.29) is 24.7 Å². The number of piperidine rings is 1. The van der Waals surface area contributed by atoms with Gasteiger partial charge in [0.15, 0.2) is 0 Å². The maximum Gasteiger partial charge on any atom is 0.269 e. The highest BCUT2D eigenvalue weighted by atomic mass is 16.5. The zero-order valence-electron chi connectivity index (χ0n) is 19.0. The van der Waals surface area contributed by atoms with Gasteiger partial charge < -0.3 is 20.3 Å². The van der Waals surface area contributed by atoms with Gasteiger partial charge in [-0.05, 0) is 55.8 Å². The number of benzene rings is 1. The molecule has 0 spiro atoms. The van der Waals surface area contributed by atoms with Gasteiger partial charge in [-0.2, -0.15) is 0 Å². The van der Waals surface area contributed by atoms with Crippen LogP contribution in [0.2, 0.25) is 0 Å². The van der Waals surface area contributed by atoms with Gasteiger partial charge in [0.2, 0.25) is 0 Å². The van der Waals surface area contributed by atoms with Crippen LogP contribution in [0.5, 0.6) is 5.75 Å². The first-order chi connectivity index (χ1) is 16.0. The lowest BCUT2D eigenvalue weighted by molar-refractivity contribution is -0.0377. The maximum absolute atomic E-state index is 12.3. The number of hydrogen-bond acceptors (Lipinski definition) is 7. The standard InChI is InChI=1S/C25H34N4O4/c30-23-17-29(19-25(23,32)18-27-24(31)22-9-2-3-10-26-22)16-20-7-6-8-21(15-20)33-14-13-28-11-4-1-5-12-28/h2-3,6-10,15,23,30,32H,1,4-5,11-14,16-19H2,(H,27,31)/t23-,25+/m1/s1. The molecule has 2 atom stereocenters. The monoisotopic (exact) mass is 454 g/mol. The van der Waals surface area contributed by atoms with E-state index in [2.05, 4.69) is 15.2 Å². The Bertz CT molecular complexity index is 906. The second-order valence-corrected chi connectivity index (χ2v) is 9.08. The van der Waals surface area contributed by atoms with Crippen LogP contribution in [0.4, 0.5) is 0 Å². The first-order valence-electron chi connectivity index (χ1n) is 11.8. The highest BCUT2D eigenvalue weighted by Crippen LogP contribution is 2.24. The van der Waals surface area contributed by atoms with Crippen molar-refractivity contribution >= 4 is 5.91 Å². The number of aromatic nitrogens is 1. The summed E-state index contributed by atoms with van der Waals surface area (Å²) in [5.74, 6) is 0.464. The lowest BCUT2D eigenvalue weighted by atomic mass is 10.0. The molecule has 2 saturated heterocycles. The van der Waals surface area contributed by atoms with Crippen LogP contribution in [0.3, 0.4) is 0 Å². The van der Waals surface area contributed by atoms with Crippen molar-refractivity contribution in [3.05, 3.63) is 59.9 Å². The molecular weight excluding hydrogens is 420 g/mol. The van der Waals surface area contributed by atoms with Crippen molar-refractivity contribution in [3.8, 4) is 5.75 Å². The van der Waals surface area contributed by atoms with Gasteiger partial charge in [-0.15, -0.1) is 0 Å². The number of carbonyl (C=O) groups is 1. The molecular formula is C25H34N4O4. The molecule has 2 aliphatic heterocycles. The topological polar surface area (TPSA) is 98.2 Å². The van der Waals surface area contributed by atoms with E-state index < -0.39 is 11.7 Å². The van der Waals surface area contributed by atoms with Crippen LogP contribution in [0.1, 0.15) is 35.3 Å². The molecule has 1 amide bonds. The van der Waals surface area contributed by atoms with E-state index in [1.54, 1.807) is 24.4 Å². The fourth-order valence-corrected chi connectivity index (χ4v) is 4.55. The number of β-amino-alcohol motifs (C(OH)–C–C–N with tert-alkyl or cyclic N) is 2. The average Bonchev–Trinajstić information content (AvgIpc) is 3.12. The van der Waals surface area contributed by atoms with Gasteiger partial charge >= 0.3 is 0 Å². The number of aliphatic hydroxyl groups is 2. The number of aliphatic hydroxyl groups excluding tert-OH is 1. The van der Waals surface area contributed by atoms with E-state index in [9.17, 15) is 15.0 Å². The van der Waals surface area contributed by atoms with Crippen molar-refractivity contribution in [3.63, 3.8) is 0 Å². The molecule has 1 aromatic carbocycles. The number of hydrogen-bond donors (Lipinski definition) is 3. The van der Waals surface area contributed by atoms with Crippen molar-refractivity contribution in [1.29, 1.82) is 0 Å². The molecule has 4 rings (SSSR count). The van der Waals surface area contributed by atoms with Crippen LogP contribution in [0, 0.1) is 0 Å². The molecule has 1 aromatic heterocycles. The Kier molecular flexibility index (Phi) is 7.93. The number of ether oxygens (including phenoxy) is 1. The van der Waals surface area contributed by atoms with E-state index in [0.29, 0.717) is 19.7 Å². The summed E-state index contributed by atoms with van der Waals surface area (Å²) >= 11 is 0. The third kappa shape index (κ3) is 6.51. The predicted octanol–water partition coefficient (Wildman–Crippen LogP) is 1.28. The fourth-order valence-electron chi connectivity index (χ4n) is 4.55. The molecule has 8 heteroatoms. The van der Waals surface area contributed by atoms with Gasteiger partial charge in [-0.3, -0.25) is 19.6 Å². The summed E-state index contributed by atoms with van der Waals surface area (Å²) in [7, 11) is 0. The summed E-state index contributed by atoms with van der Waals surface area (Å²) in [5.41, 5.74) is -0.0746. The van der Waals surface area contributed by atoms with Gasteiger partial charge in [0.25, 0.3) is 5.91 Å². The molecule has 0 bridgehead atoms. The molecule has 0 unspecified atom stereocenters. The van der Waals surface area contributed by atoms with Crippen molar-refractivity contribution < 1.29 is 19.7 Å². The Hall–Kier alpha value is -2.52. The Morgan fingerprint density at radius 2 is 2.00 bits per heavy atom. The fraction of sp³-hybridized carbons (Fsp3) is 0.520. The molecule has 3 N–H and O–H groups in total. The summed E-state index contributed by atoms with van der Waals surface area (Å²) < 4.78 is 5.97. The SMILES string of the molecule is O=C(NC[C@]1(O)CN(Cc2cccc(OCCN3CCCCC3)c2)C[C@H]1O)c1ccccn1. The van der Waals surface area contributed by atoms with Gasteiger partial charge in [0, 0.05) is 32.4 Å². The molecule has 2 aliphatic rings. The Morgan fingerprint density at radius 3 is 2.79 bits per heavy atom. The number of amides is 1. The lowest BCUT2D eigenvalue weighted by Crippen LogP contribution is -2.51. The summed E-state index contributed by atoms with van der Waals surface area (Å²) in [6, 6.07) is 13.0. The largest absolute Gasteiger partial charge is 0.492 e. The number of rotatable bonds is 9. The molecule has 178 valence electrons. The summed E-state index contributed by atoms with van der Waals surface area (Å²) in [5, 5.41) is 24.1. The molecule has 0 aliphatic carbocycles. The smallest absolute Gasteiger partial charge is 0.269 e. The molecule has 0 saturated carbocycles. The van der Waals surface area contributed by atoms with Crippen molar-refractivity contribution in [2.24, 2.45) is 0 Å². The first-order valence-corrected chi connectivity index (χ1v) is 11.8. The van der Waals surface area contributed by atoms with Crippen LogP contribution in [-0.2, 0) is 6.54 Å². The zero-order valence-corrected chi connectivity index (χ0v) is 19.0. The second kappa shape index (κ2) is 11.1. The lowest BCUT2D eigenvalue weighted by Gasteiger charge is -2.26. The molecule has 0 radical (unpaired) electrons. The molecule has 2 fully saturated rings. The van der Waals surface area contributed by atoms with E-state index in [4.69, 9.17) is 4.74 Å². The second-order valence-electron chi connectivity index (χ2n) is 9.08. The minimum atomic E-state index is -1.41. The van der Waals surface area contributed by atoms with Crippen molar-refractivity contribution in [2.45, 2.75) is 37.5 Å². The minimum absolute atomic E-state index is 0.0419. The number of likely N-dealkylation sites (tertiary alicyclic amines) is 2. The third-order valence-corrected chi connectivity index (χ3v) is 6.43. The minimum Gasteiger partial charge on any atom is -0.492 e. The summed E-state index contributed by atoms with van der Waals surface area (Å²) in [6.45, 7) is 5.06. The quantitative estimate of drug-likeness (QED) is 0.525. The van der Waals surface area contributed by atoms with Crippen LogP contribution in [-0.4, -0.2) is 88.5 Å². The normalized spacial score (nSPS) is 24.0. The Morgan fingerprint density at radius 1 is 1.15 bits per heavy atom. The number of nitrogens with one attached hydrogen (secondary N) is 1. The highest BCUT2D eigenvalue weighted by Gasteiger charge is 2.44. The van der Waals surface area contributed by atoms with E-state index in [1.807, 2.05) is 29.2 Å². The average molecular weight is 455 g/mol. The molecule has 33 heavy (non-hydrogen) atoms. The first kappa shape index (κ1) is 23.6. The number of nitrogens with zero attached hydrogens (tertiary/aromatic N) is 3. The summed E-state index contributed by atoms with van der Waals surface area (Å²) in [4.78, 5) is 20.7. The van der Waals surface area contributed by atoms with E-state index >= 15 is 0 Å². The van der Waals surface area contributed by atoms with Crippen LogP contribution in [0.15, 0.2) is 48.7 Å². The van der Waals surface area contributed by atoms with Crippen molar-refractivity contribution in [1.82, 2.24) is 20.1 Å². The van der Waals surface area contributed by atoms with Crippen LogP contribution in [0.25, 0.3) is 0 Å². The zero-order chi connectivity index (χ0) is 23.1. The molecule has 2 aromatic rings. The maximum atomic E-state index is 12.3. The number of carbonyl (C=O) groups excluding carboxylic acids is 1. The highest BCUT2D eigenvalue weighted by molar-refractivity contribution is 5.92.